The van der Waals surface area contributed by atoms with E-state index in [1.165, 1.54) is 24.3 Å². The molecule has 2 aromatic carbocycles. The Bertz CT molecular complexity index is 977. The molecule has 27 heavy (non-hydrogen) atoms. The standard InChI is InChI=1S/C19H19N3O4S/c1-3-11-22-27(25,26)17-9-7-15(8-10-17)19(24)21-13-14-5-4-6-16(12-14)18(23)20-2/h1,4-10,12,22H,11,13H2,2H3,(H,20,23)(H,21,24). The Morgan fingerprint density at radius 1 is 1.04 bits per heavy atom. The summed E-state index contributed by atoms with van der Waals surface area (Å²) in [4.78, 5) is 23.9. The van der Waals surface area contributed by atoms with E-state index in [4.69, 9.17) is 6.42 Å². The third-order valence-corrected chi connectivity index (χ3v) is 5.08. The van der Waals surface area contributed by atoms with Crippen LogP contribution in [0.2, 0.25) is 0 Å². The Kier molecular flexibility index (Phi) is 6.71. The van der Waals surface area contributed by atoms with Gasteiger partial charge in [0.15, 0.2) is 0 Å². The maximum Gasteiger partial charge on any atom is 0.251 e. The summed E-state index contributed by atoms with van der Waals surface area (Å²) in [5.41, 5.74) is 1.58. The van der Waals surface area contributed by atoms with Crippen LogP contribution in [0.15, 0.2) is 53.4 Å². The van der Waals surface area contributed by atoms with Crippen LogP contribution in [0.5, 0.6) is 0 Å². The van der Waals surface area contributed by atoms with Gasteiger partial charge in [0, 0.05) is 24.7 Å². The van der Waals surface area contributed by atoms with E-state index in [1.807, 2.05) is 0 Å². The maximum absolute atomic E-state index is 12.2. The monoisotopic (exact) mass is 385 g/mol. The summed E-state index contributed by atoms with van der Waals surface area (Å²) in [6.07, 6.45) is 5.04. The van der Waals surface area contributed by atoms with Crippen LogP contribution >= 0.6 is 0 Å². The van der Waals surface area contributed by atoms with Gasteiger partial charge in [-0.3, -0.25) is 9.59 Å². The van der Waals surface area contributed by atoms with Crippen molar-refractivity contribution >= 4 is 21.8 Å². The summed E-state index contributed by atoms with van der Waals surface area (Å²) in [5, 5.41) is 5.27. The summed E-state index contributed by atoms with van der Waals surface area (Å²) in [5.74, 6) is 1.62. The van der Waals surface area contributed by atoms with E-state index >= 15 is 0 Å². The third kappa shape index (κ3) is 5.41. The molecule has 2 amide bonds. The first kappa shape index (κ1) is 20.2. The molecule has 0 saturated carbocycles. The molecule has 0 aliphatic heterocycles. The molecule has 8 heteroatoms. The summed E-state index contributed by atoms with van der Waals surface area (Å²) in [7, 11) is -2.15. The molecule has 0 unspecified atom stereocenters. The van der Waals surface area contributed by atoms with Crippen molar-refractivity contribution < 1.29 is 18.0 Å². The lowest BCUT2D eigenvalue weighted by atomic mass is 10.1. The van der Waals surface area contributed by atoms with Gasteiger partial charge in [-0.05, 0) is 42.0 Å². The molecular formula is C19H19N3O4S. The fourth-order valence-electron chi connectivity index (χ4n) is 2.26. The molecule has 0 radical (unpaired) electrons. The van der Waals surface area contributed by atoms with E-state index in [1.54, 1.807) is 31.3 Å². The number of hydrogen-bond donors (Lipinski definition) is 3. The number of terminal acetylenes is 1. The molecule has 0 saturated heterocycles. The molecule has 0 aromatic heterocycles. The van der Waals surface area contributed by atoms with Crippen LogP contribution in [0.4, 0.5) is 0 Å². The molecule has 3 N–H and O–H groups in total. The smallest absolute Gasteiger partial charge is 0.251 e. The summed E-state index contributed by atoms with van der Waals surface area (Å²) in [6.45, 7) is 0.118. The second kappa shape index (κ2) is 8.98. The largest absolute Gasteiger partial charge is 0.355 e. The predicted octanol–water partition coefficient (Wildman–Crippen LogP) is 0.888. The number of rotatable bonds is 7. The Morgan fingerprint density at radius 2 is 1.74 bits per heavy atom. The number of benzene rings is 2. The Labute approximate surface area is 158 Å². The fraction of sp³-hybridized carbons (Fsp3) is 0.158. The van der Waals surface area contributed by atoms with E-state index in [0.717, 1.165) is 5.56 Å². The van der Waals surface area contributed by atoms with Crippen molar-refractivity contribution in [2.75, 3.05) is 13.6 Å². The first-order valence-corrected chi connectivity index (χ1v) is 9.48. The number of carbonyl (C=O) groups excluding carboxylic acids is 2. The Hall–Kier alpha value is -3.15. The molecule has 0 aliphatic rings. The Balaban J connectivity index is 2.03. The van der Waals surface area contributed by atoms with Crippen molar-refractivity contribution in [2.45, 2.75) is 11.4 Å². The number of nitrogens with one attached hydrogen (secondary N) is 3. The van der Waals surface area contributed by atoms with Crippen LogP contribution in [0.3, 0.4) is 0 Å². The molecule has 0 spiro atoms. The zero-order valence-corrected chi connectivity index (χ0v) is 15.5. The highest BCUT2D eigenvalue weighted by molar-refractivity contribution is 7.89. The van der Waals surface area contributed by atoms with Gasteiger partial charge in [-0.15, -0.1) is 6.42 Å². The van der Waals surface area contributed by atoms with E-state index in [0.29, 0.717) is 11.1 Å². The quantitative estimate of drug-likeness (QED) is 0.616. The number of amides is 2. The van der Waals surface area contributed by atoms with Gasteiger partial charge in [0.1, 0.15) is 0 Å². The zero-order chi connectivity index (χ0) is 19.9. The van der Waals surface area contributed by atoms with Crippen molar-refractivity contribution in [1.82, 2.24) is 15.4 Å². The lowest BCUT2D eigenvalue weighted by molar-refractivity contribution is 0.0948. The lowest BCUT2D eigenvalue weighted by Gasteiger charge is -2.08. The van der Waals surface area contributed by atoms with Crippen LogP contribution in [0.1, 0.15) is 26.3 Å². The highest BCUT2D eigenvalue weighted by atomic mass is 32.2. The average molecular weight is 385 g/mol. The van der Waals surface area contributed by atoms with Crippen LogP contribution in [0.25, 0.3) is 0 Å². The van der Waals surface area contributed by atoms with Gasteiger partial charge >= 0.3 is 0 Å². The second-order valence-corrected chi connectivity index (χ2v) is 7.28. The van der Waals surface area contributed by atoms with E-state index in [2.05, 4.69) is 21.3 Å². The number of carbonyl (C=O) groups is 2. The molecule has 2 rings (SSSR count). The highest BCUT2D eigenvalue weighted by Gasteiger charge is 2.14. The van der Waals surface area contributed by atoms with Gasteiger partial charge in [-0.2, -0.15) is 4.72 Å². The highest BCUT2D eigenvalue weighted by Crippen LogP contribution is 2.11. The van der Waals surface area contributed by atoms with Crippen molar-refractivity contribution in [2.24, 2.45) is 0 Å². The molecular weight excluding hydrogens is 366 g/mol. The van der Waals surface area contributed by atoms with E-state index in [-0.39, 0.29) is 29.8 Å². The molecule has 0 bridgehead atoms. The molecule has 0 atom stereocenters. The molecule has 0 aliphatic carbocycles. The van der Waals surface area contributed by atoms with Crippen LogP contribution in [-0.4, -0.2) is 33.8 Å². The first-order valence-electron chi connectivity index (χ1n) is 8.00. The maximum atomic E-state index is 12.2. The van der Waals surface area contributed by atoms with Crippen molar-refractivity contribution in [3.8, 4) is 12.3 Å². The minimum Gasteiger partial charge on any atom is -0.355 e. The number of sulfonamides is 1. The predicted molar refractivity (Wildman–Crippen MR) is 101 cm³/mol. The summed E-state index contributed by atoms with van der Waals surface area (Å²) >= 11 is 0. The second-order valence-electron chi connectivity index (χ2n) is 5.52. The average Bonchev–Trinajstić information content (AvgIpc) is 2.70. The summed E-state index contributed by atoms with van der Waals surface area (Å²) in [6, 6.07) is 12.4. The van der Waals surface area contributed by atoms with Gasteiger partial charge in [-0.1, -0.05) is 18.1 Å². The first-order chi connectivity index (χ1) is 12.9. The molecule has 140 valence electrons. The molecule has 2 aromatic rings. The van der Waals surface area contributed by atoms with Gasteiger partial charge in [0.05, 0.1) is 11.4 Å². The van der Waals surface area contributed by atoms with Crippen molar-refractivity contribution in [3.05, 3.63) is 65.2 Å². The zero-order valence-electron chi connectivity index (χ0n) is 14.7. The lowest BCUT2D eigenvalue weighted by Crippen LogP contribution is -2.25. The van der Waals surface area contributed by atoms with Crippen LogP contribution in [-0.2, 0) is 16.6 Å². The van der Waals surface area contributed by atoms with Gasteiger partial charge in [0.25, 0.3) is 11.8 Å². The van der Waals surface area contributed by atoms with Gasteiger partial charge in [-0.25, -0.2) is 8.42 Å². The minimum atomic E-state index is -3.70. The van der Waals surface area contributed by atoms with Crippen molar-refractivity contribution in [3.63, 3.8) is 0 Å². The fourth-order valence-corrected chi connectivity index (χ4v) is 3.19. The number of hydrogen-bond acceptors (Lipinski definition) is 4. The summed E-state index contributed by atoms with van der Waals surface area (Å²) < 4.78 is 26.2. The van der Waals surface area contributed by atoms with E-state index < -0.39 is 10.0 Å². The van der Waals surface area contributed by atoms with Crippen LogP contribution in [0, 0.1) is 12.3 Å². The Morgan fingerprint density at radius 3 is 2.37 bits per heavy atom. The van der Waals surface area contributed by atoms with Crippen LogP contribution < -0.4 is 15.4 Å². The van der Waals surface area contributed by atoms with Crippen molar-refractivity contribution in [1.29, 1.82) is 0 Å². The molecule has 7 nitrogen and oxygen atoms in total. The van der Waals surface area contributed by atoms with E-state index in [9.17, 15) is 18.0 Å². The third-order valence-electron chi connectivity index (χ3n) is 3.66. The van der Waals surface area contributed by atoms with Gasteiger partial charge < -0.3 is 10.6 Å². The van der Waals surface area contributed by atoms with Gasteiger partial charge in [0.2, 0.25) is 10.0 Å². The normalized spacial score (nSPS) is 10.7. The SMILES string of the molecule is C#CCNS(=O)(=O)c1ccc(C(=O)NCc2cccc(C(=O)NC)c2)cc1. The minimum absolute atomic E-state index is 0.0209. The molecule has 0 fully saturated rings. The molecule has 0 heterocycles. The topological polar surface area (TPSA) is 104 Å².